The van der Waals surface area contributed by atoms with E-state index in [4.69, 9.17) is 9.47 Å². The van der Waals surface area contributed by atoms with Gasteiger partial charge in [0.2, 0.25) is 0 Å². The first-order valence-corrected chi connectivity index (χ1v) is 10.6. The highest BCUT2D eigenvalue weighted by molar-refractivity contribution is 14.1. The van der Waals surface area contributed by atoms with Crippen molar-refractivity contribution in [3.05, 3.63) is 61.6 Å². The van der Waals surface area contributed by atoms with Crippen LogP contribution in [-0.2, 0) is 11.3 Å². The van der Waals surface area contributed by atoms with Crippen LogP contribution in [0.15, 0.2) is 41.3 Å². The van der Waals surface area contributed by atoms with Gasteiger partial charge < -0.3 is 9.47 Å². The molecular weight excluding hydrogens is 503 g/mol. The fraction of sp³-hybridized carbons (Fsp3) is 0.190. The van der Waals surface area contributed by atoms with Gasteiger partial charge in [-0.1, -0.05) is 18.2 Å². The molecule has 1 aliphatic heterocycles. The van der Waals surface area contributed by atoms with Gasteiger partial charge in [0.05, 0.1) is 40.4 Å². The summed E-state index contributed by atoms with van der Waals surface area (Å²) in [6.07, 6.45) is 1.67. The van der Waals surface area contributed by atoms with Gasteiger partial charge in [0.25, 0.3) is 11.1 Å². The third-order valence-corrected chi connectivity index (χ3v) is 5.88. The lowest BCUT2D eigenvalue weighted by molar-refractivity contribution is -0.123. The van der Waals surface area contributed by atoms with E-state index in [1.54, 1.807) is 43.5 Å². The molecule has 3 rings (SSSR count). The SMILES string of the molecule is CCOc1cc(/C=C2/SC(=O)N(Cc3ccccc3C#N)C2=O)cc(I)c1OC. The Morgan fingerprint density at radius 2 is 2.03 bits per heavy atom. The van der Waals surface area contributed by atoms with Gasteiger partial charge in [-0.2, -0.15) is 5.26 Å². The quantitative estimate of drug-likeness (QED) is 0.402. The minimum absolute atomic E-state index is 0.0656. The van der Waals surface area contributed by atoms with E-state index < -0.39 is 0 Å². The summed E-state index contributed by atoms with van der Waals surface area (Å²) in [6.45, 7) is 2.42. The molecule has 8 heteroatoms. The summed E-state index contributed by atoms with van der Waals surface area (Å²) in [7, 11) is 1.57. The second-order valence-corrected chi connectivity index (χ2v) is 8.16. The number of carbonyl (C=O) groups excluding carboxylic acids is 2. The number of imide groups is 1. The number of hydrogen-bond acceptors (Lipinski definition) is 6. The summed E-state index contributed by atoms with van der Waals surface area (Å²) < 4.78 is 11.8. The van der Waals surface area contributed by atoms with Crippen molar-refractivity contribution < 1.29 is 19.1 Å². The minimum Gasteiger partial charge on any atom is -0.492 e. The van der Waals surface area contributed by atoms with Crippen molar-refractivity contribution in [1.82, 2.24) is 4.90 Å². The zero-order valence-corrected chi connectivity index (χ0v) is 18.7. The van der Waals surface area contributed by atoms with Gasteiger partial charge in [-0.3, -0.25) is 14.5 Å². The van der Waals surface area contributed by atoms with E-state index in [0.29, 0.717) is 34.1 Å². The summed E-state index contributed by atoms with van der Waals surface area (Å²) in [4.78, 5) is 26.7. The predicted octanol–water partition coefficient (Wildman–Crippen LogP) is 4.81. The average molecular weight is 520 g/mol. The van der Waals surface area contributed by atoms with E-state index in [9.17, 15) is 14.9 Å². The molecule has 148 valence electrons. The summed E-state index contributed by atoms with van der Waals surface area (Å²) in [5, 5.41) is 8.87. The monoisotopic (exact) mass is 520 g/mol. The number of hydrogen-bond donors (Lipinski definition) is 0. The maximum absolute atomic E-state index is 12.8. The summed E-state index contributed by atoms with van der Waals surface area (Å²) >= 11 is 3.03. The van der Waals surface area contributed by atoms with E-state index in [1.807, 2.05) is 13.0 Å². The molecule has 1 fully saturated rings. The molecule has 1 saturated heterocycles. The normalized spacial score (nSPS) is 15.0. The molecule has 2 aromatic rings. The highest BCUT2D eigenvalue weighted by atomic mass is 127. The first-order valence-electron chi connectivity index (χ1n) is 8.72. The van der Waals surface area contributed by atoms with Crippen molar-refractivity contribution in [2.45, 2.75) is 13.5 Å². The molecule has 0 radical (unpaired) electrons. The van der Waals surface area contributed by atoms with Crippen LogP contribution < -0.4 is 9.47 Å². The molecule has 0 saturated carbocycles. The molecule has 2 aromatic carbocycles. The number of methoxy groups -OCH3 is 1. The van der Waals surface area contributed by atoms with E-state index in [0.717, 1.165) is 25.8 Å². The highest BCUT2D eigenvalue weighted by Gasteiger charge is 2.35. The molecule has 29 heavy (non-hydrogen) atoms. The number of benzene rings is 2. The summed E-state index contributed by atoms with van der Waals surface area (Å²) in [5.41, 5.74) is 1.82. The number of nitriles is 1. The molecule has 0 spiro atoms. The molecule has 0 bridgehead atoms. The van der Waals surface area contributed by atoms with Crippen LogP contribution in [0.5, 0.6) is 11.5 Å². The number of nitrogens with zero attached hydrogens (tertiary/aromatic N) is 2. The Balaban J connectivity index is 1.89. The zero-order chi connectivity index (χ0) is 21.0. The van der Waals surface area contributed by atoms with E-state index >= 15 is 0 Å². The molecule has 6 nitrogen and oxygen atoms in total. The Bertz CT molecular complexity index is 1050. The first kappa shape index (κ1) is 21.2. The van der Waals surface area contributed by atoms with Crippen molar-refractivity contribution in [1.29, 1.82) is 5.26 Å². The largest absolute Gasteiger partial charge is 0.492 e. The third-order valence-electron chi connectivity index (χ3n) is 4.17. The van der Waals surface area contributed by atoms with Crippen molar-refractivity contribution in [2.75, 3.05) is 13.7 Å². The second-order valence-electron chi connectivity index (χ2n) is 6.00. The van der Waals surface area contributed by atoms with Gasteiger partial charge in [0.15, 0.2) is 11.5 Å². The van der Waals surface area contributed by atoms with Crippen molar-refractivity contribution in [3.8, 4) is 17.6 Å². The Hall–Kier alpha value is -2.51. The van der Waals surface area contributed by atoms with Crippen LogP contribution in [-0.4, -0.2) is 29.8 Å². The zero-order valence-electron chi connectivity index (χ0n) is 15.8. The van der Waals surface area contributed by atoms with Crippen LogP contribution in [0.1, 0.15) is 23.6 Å². The number of ether oxygens (including phenoxy) is 2. The minimum atomic E-state index is -0.378. The van der Waals surface area contributed by atoms with Crippen LogP contribution in [0.3, 0.4) is 0 Å². The molecule has 0 N–H and O–H groups in total. The maximum atomic E-state index is 12.8. The lowest BCUT2D eigenvalue weighted by atomic mass is 10.1. The van der Waals surface area contributed by atoms with Gasteiger partial charge >= 0.3 is 0 Å². The standard InChI is InChI=1S/C21H17IN2O4S/c1-3-28-17-9-13(8-16(22)19(17)27-2)10-18-20(25)24(21(26)29-18)12-15-7-5-4-6-14(15)11-23/h4-10H,3,12H2,1-2H3/b18-10+. The molecule has 2 amide bonds. The number of rotatable bonds is 6. The highest BCUT2D eigenvalue weighted by Crippen LogP contribution is 2.37. The van der Waals surface area contributed by atoms with Crippen LogP contribution >= 0.6 is 34.4 Å². The molecule has 0 unspecified atom stereocenters. The number of thioether (sulfide) groups is 1. The topological polar surface area (TPSA) is 79.6 Å². The first-order chi connectivity index (χ1) is 14.0. The third kappa shape index (κ3) is 4.57. The van der Waals surface area contributed by atoms with Crippen molar-refractivity contribution in [3.63, 3.8) is 0 Å². The summed E-state index contributed by atoms with van der Waals surface area (Å²) in [5.74, 6) is 0.831. The number of amides is 2. The van der Waals surface area contributed by atoms with Gasteiger partial charge in [-0.05, 0) is 76.7 Å². The second kappa shape index (κ2) is 9.33. The molecule has 0 aromatic heterocycles. The fourth-order valence-electron chi connectivity index (χ4n) is 2.86. The Morgan fingerprint density at radius 3 is 2.72 bits per heavy atom. The maximum Gasteiger partial charge on any atom is 0.293 e. The Kier molecular flexibility index (Phi) is 6.82. The average Bonchev–Trinajstić information content (AvgIpc) is 2.96. The van der Waals surface area contributed by atoms with Gasteiger partial charge in [-0.25, -0.2) is 0 Å². The van der Waals surface area contributed by atoms with Crippen LogP contribution in [0.25, 0.3) is 6.08 Å². The summed E-state index contributed by atoms with van der Waals surface area (Å²) in [6, 6.07) is 12.7. The van der Waals surface area contributed by atoms with E-state index in [-0.39, 0.29) is 17.7 Å². The molecule has 0 atom stereocenters. The lowest BCUT2D eigenvalue weighted by Gasteiger charge is -2.13. The fourth-order valence-corrected chi connectivity index (χ4v) is 4.54. The van der Waals surface area contributed by atoms with Gasteiger partial charge in [0, 0.05) is 0 Å². The Labute approximate surface area is 186 Å². The lowest BCUT2D eigenvalue weighted by Crippen LogP contribution is -2.27. The van der Waals surface area contributed by atoms with Crippen LogP contribution in [0, 0.1) is 14.9 Å². The van der Waals surface area contributed by atoms with Crippen molar-refractivity contribution >= 4 is 51.6 Å². The van der Waals surface area contributed by atoms with Gasteiger partial charge in [0.1, 0.15) is 0 Å². The van der Waals surface area contributed by atoms with Crippen LogP contribution in [0.4, 0.5) is 4.79 Å². The van der Waals surface area contributed by atoms with E-state index in [1.165, 1.54) is 0 Å². The molecule has 0 aliphatic carbocycles. The predicted molar refractivity (Wildman–Crippen MR) is 120 cm³/mol. The van der Waals surface area contributed by atoms with Crippen LogP contribution in [0.2, 0.25) is 0 Å². The molecular formula is C21H17IN2O4S. The van der Waals surface area contributed by atoms with E-state index in [2.05, 4.69) is 28.7 Å². The Morgan fingerprint density at radius 1 is 1.28 bits per heavy atom. The number of carbonyl (C=O) groups is 2. The smallest absolute Gasteiger partial charge is 0.293 e. The molecule has 1 aliphatic rings. The molecule has 1 heterocycles. The van der Waals surface area contributed by atoms with Gasteiger partial charge in [-0.15, -0.1) is 0 Å². The number of halogens is 1. The van der Waals surface area contributed by atoms with Crippen molar-refractivity contribution in [2.24, 2.45) is 0 Å².